The molecule has 2 rings (SSSR count). The summed E-state index contributed by atoms with van der Waals surface area (Å²) >= 11 is 0. The fourth-order valence-electron chi connectivity index (χ4n) is 1.93. The summed E-state index contributed by atoms with van der Waals surface area (Å²) in [4.78, 5) is 10.9. The zero-order chi connectivity index (χ0) is 14.4. The van der Waals surface area contributed by atoms with Gasteiger partial charge in [-0.25, -0.2) is 4.79 Å². The normalized spacial score (nSPS) is 10.4. The minimum atomic E-state index is -0.911. The van der Waals surface area contributed by atoms with Crippen LogP contribution in [-0.2, 0) is 19.7 Å². The van der Waals surface area contributed by atoms with Crippen molar-refractivity contribution in [1.82, 2.24) is 5.32 Å². The lowest BCUT2D eigenvalue weighted by molar-refractivity contribution is 0.0696. The number of benzene rings is 2. The summed E-state index contributed by atoms with van der Waals surface area (Å²) in [6.07, 6.45) is 0. The molecule has 0 aromatic heterocycles. The van der Waals surface area contributed by atoms with E-state index in [-0.39, 0.29) is 6.61 Å². The van der Waals surface area contributed by atoms with Gasteiger partial charge < -0.3 is 15.5 Å². The molecule has 0 heterocycles. The van der Waals surface area contributed by atoms with Crippen molar-refractivity contribution in [3.63, 3.8) is 0 Å². The molecule has 0 saturated carbocycles. The van der Waals surface area contributed by atoms with Crippen molar-refractivity contribution in [1.29, 1.82) is 0 Å². The molecule has 0 aliphatic heterocycles. The maximum absolute atomic E-state index is 10.9. The third-order valence-electron chi connectivity index (χ3n) is 3.04. The standard InChI is InChI=1S/C16H17NO3/c18-11-13-6-4-12(5-7-13)9-17-10-14-2-1-3-15(8-14)16(19)20/h1-8,17-18H,9-11H2,(H,19,20). The second kappa shape index (κ2) is 6.84. The molecule has 2 aromatic rings. The predicted octanol–water partition coefficient (Wildman–Crippen LogP) is 2.17. The Balaban J connectivity index is 1.88. The number of carboxylic acids is 1. The van der Waals surface area contributed by atoms with E-state index in [1.54, 1.807) is 18.2 Å². The van der Waals surface area contributed by atoms with Crippen LogP contribution in [0.5, 0.6) is 0 Å². The summed E-state index contributed by atoms with van der Waals surface area (Å²) in [5.74, 6) is -0.911. The van der Waals surface area contributed by atoms with E-state index in [2.05, 4.69) is 5.32 Å². The van der Waals surface area contributed by atoms with Gasteiger partial charge in [0.25, 0.3) is 0 Å². The van der Waals surface area contributed by atoms with Crippen molar-refractivity contribution >= 4 is 5.97 Å². The van der Waals surface area contributed by atoms with E-state index in [1.807, 2.05) is 30.3 Å². The molecule has 0 radical (unpaired) electrons. The third kappa shape index (κ3) is 3.91. The first-order chi connectivity index (χ1) is 9.69. The van der Waals surface area contributed by atoms with Crippen LogP contribution in [0.2, 0.25) is 0 Å². The van der Waals surface area contributed by atoms with Gasteiger partial charge in [-0.1, -0.05) is 36.4 Å². The van der Waals surface area contributed by atoms with Gasteiger partial charge in [-0.3, -0.25) is 0 Å². The Bertz CT molecular complexity index is 579. The molecule has 2 aromatic carbocycles. The fourth-order valence-corrected chi connectivity index (χ4v) is 1.93. The zero-order valence-corrected chi connectivity index (χ0v) is 11.0. The fraction of sp³-hybridized carbons (Fsp3) is 0.188. The number of carboxylic acid groups (broad SMARTS) is 1. The van der Waals surface area contributed by atoms with Crippen molar-refractivity contribution in [3.05, 3.63) is 70.8 Å². The second-order valence-electron chi connectivity index (χ2n) is 4.58. The van der Waals surface area contributed by atoms with E-state index in [9.17, 15) is 4.79 Å². The highest BCUT2D eigenvalue weighted by molar-refractivity contribution is 5.87. The molecule has 0 aliphatic rings. The molecule has 4 nitrogen and oxygen atoms in total. The number of carbonyl (C=O) groups is 1. The summed E-state index contributed by atoms with van der Waals surface area (Å²) in [6.45, 7) is 1.36. The molecular formula is C16H17NO3. The van der Waals surface area contributed by atoms with Crippen molar-refractivity contribution in [2.24, 2.45) is 0 Å². The zero-order valence-electron chi connectivity index (χ0n) is 11.0. The molecule has 20 heavy (non-hydrogen) atoms. The summed E-state index contributed by atoms with van der Waals surface area (Å²) in [7, 11) is 0. The lowest BCUT2D eigenvalue weighted by Crippen LogP contribution is -2.13. The van der Waals surface area contributed by atoms with Crippen LogP contribution in [0.3, 0.4) is 0 Å². The van der Waals surface area contributed by atoms with E-state index in [0.717, 1.165) is 16.7 Å². The Morgan fingerprint density at radius 2 is 1.60 bits per heavy atom. The third-order valence-corrected chi connectivity index (χ3v) is 3.04. The number of aliphatic hydroxyl groups excluding tert-OH is 1. The molecule has 0 atom stereocenters. The average molecular weight is 271 g/mol. The van der Waals surface area contributed by atoms with Gasteiger partial charge in [-0.15, -0.1) is 0 Å². The van der Waals surface area contributed by atoms with E-state index in [4.69, 9.17) is 10.2 Å². The maximum atomic E-state index is 10.9. The van der Waals surface area contributed by atoms with Crippen LogP contribution in [-0.4, -0.2) is 16.2 Å². The highest BCUT2D eigenvalue weighted by Gasteiger charge is 2.02. The molecule has 3 N–H and O–H groups in total. The van der Waals surface area contributed by atoms with Crippen molar-refractivity contribution < 1.29 is 15.0 Å². The number of rotatable bonds is 6. The molecular weight excluding hydrogens is 254 g/mol. The quantitative estimate of drug-likeness (QED) is 0.753. The van der Waals surface area contributed by atoms with Gasteiger partial charge in [0.15, 0.2) is 0 Å². The Morgan fingerprint density at radius 1 is 0.950 bits per heavy atom. The van der Waals surface area contributed by atoms with Crippen LogP contribution in [0.4, 0.5) is 0 Å². The summed E-state index contributed by atoms with van der Waals surface area (Å²) < 4.78 is 0. The first kappa shape index (κ1) is 14.2. The molecule has 0 unspecified atom stereocenters. The minimum absolute atomic E-state index is 0.0513. The predicted molar refractivity (Wildman–Crippen MR) is 76.3 cm³/mol. The Morgan fingerprint density at radius 3 is 2.25 bits per heavy atom. The lowest BCUT2D eigenvalue weighted by Gasteiger charge is -2.06. The minimum Gasteiger partial charge on any atom is -0.478 e. The summed E-state index contributed by atoms with van der Waals surface area (Å²) in [5, 5.41) is 21.1. The highest BCUT2D eigenvalue weighted by atomic mass is 16.4. The van der Waals surface area contributed by atoms with Gasteiger partial charge in [0.05, 0.1) is 12.2 Å². The summed E-state index contributed by atoms with van der Waals surface area (Å²) in [5.41, 5.74) is 3.26. The van der Waals surface area contributed by atoms with E-state index < -0.39 is 5.97 Å². The smallest absolute Gasteiger partial charge is 0.335 e. The second-order valence-corrected chi connectivity index (χ2v) is 4.58. The van der Waals surface area contributed by atoms with Crippen molar-refractivity contribution in [2.75, 3.05) is 0 Å². The molecule has 0 spiro atoms. The lowest BCUT2D eigenvalue weighted by atomic mass is 10.1. The highest BCUT2D eigenvalue weighted by Crippen LogP contribution is 2.07. The monoisotopic (exact) mass is 271 g/mol. The Hall–Kier alpha value is -2.17. The largest absolute Gasteiger partial charge is 0.478 e. The number of hydrogen-bond acceptors (Lipinski definition) is 3. The van der Waals surface area contributed by atoms with Crippen LogP contribution in [0.1, 0.15) is 27.0 Å². The molecule has 0 aliphatic carbocycles. The topological polar surface area (TPSA) is 69.6 Å². The van der Waals surface area contributed by atoms with E-state index >= 15 is 0 Å². The van der Waals surface area contributed by atoms with Crippen molar-refractivity contribution in [3.8, 4) is 0 Å². The summed E-state index contributed by atoms with van der Waals surface area (Å²) in [6, 6.07) is 14.6. The number of hydrogen-bond donors (Lipinski definition) is 3. The van der Waals surface area contributed by atoms with E-state index in [1.165, 1.54) is 0 Å². The van der Waals surface area contributed by atoms with Crippen LogP contribution < -0.4 is 5.32 Å². The number of nitrogens with one attached hydrogen (secondary N) is 1. The van der Waals surface area contributed by atoms with Gasteiger partial charge in [0, 0.05) is 13.1 Å². The number of aromatic carboxylic acids is 1. The van der Waals surface area contributed by atoms with Gasteiger partial charge in [-0.05, 0) is 28.8 Å². The SMILES string of the molecule is O=C(O)c1cccc(CNCc2ccc(CO)cc2)c1. The van der Waals surface area contributed by atoms with Crippen LogP contribution in [0.15, 0.2) is 48.5 Å². The van der Waals surface area contributed by atoms with Crippen LogP contribution in [0.25, 0.3) is 0 Å². The van der Waals surface area contributed by atoms with Crippen LogP contribution >= 0.6 is 0 Å². The van der Waals surface area contributed by atoms with Gasteiger partial charge in [0.1, 0.15) is 0 Å². The van der Waals surface area contributed by atoms with E-state index in [0.29, 0.717) is 18.7 Å². The van der Waals surface area contributed by atoms with Gasteiger partial charge in [-0.2, -0.15) is 0 Å². The first-order valence-electron chi connectivity index (χ1n) is 6.40. The number of aliphatic hydroxyl groups is 1. The molecule has 4 heteroatoms. The Kier molecular flexibility index (Phi) is 4.87. The first-order valence-corrected chi connectivity index (χ1v) is 6.40. The molecule has 0 fully saturated rings. The Labute approximate surface area is 117 Å². The maximum Gasteiger partial charge on any atom is 0.335 e. The molecule has 104 valence electrons. The molecule has 0 saturated heterocycles. The molecule has 0 amide bonds. The van der Waals surface area contributed by atoms with Gasteiger partial charge in [0.2, 0.25) is 0 Å². The average Bonchev–Trinajstić information content (AvgIpc) is 2.48. The van der Waals surface area contributed by atoms with Crippen molar-refractivity contribution in [2.45, 2.75) is 19.7 Å². The van der Waals surface area contributed by atoms with Gasteiger partial charge >= 0.3 is 5.97 Å². The van der Waals surface area contributed by atoms with Crippen LogP contribution in [0, 0.1) is 0 Å². The molecule has 0 bridgehead atoms.